The van der Waals surface area contributed by atoms with Crippen LogP contribution >= 0.6 is 0 Å². The highest BCUT2D eigenvalue weighted by atomic mass is 16.2. The van der Waals surface area contributed by atoms with Crippen molar-refractivity contribution in [3.8, 4) is 0 Å². The minimum atomic E-state index is -0.210. The van der Waals surface area contributed by atoms with Crippen molar-refractivity contribution in [1.82, 2.24) is 4.90 Å². The molecule has 102 valence electrons. The highest BCUT2D eigenvalue weighted by molar-refractivity contribution is 5.91. The van der Waals surface area contributed by atoms with Crippen molar-refractivity contribution >= 4 is 5.91 Å². The number of amides is 1. The summed E-state index contributed by atoms with van der Waals surface area (Å²) >= 11 is 0. The lowest BCUT2D eigenvalue weighted by Crippen LogP contribution is -2.41. The number of nitrogens with two attached hydrogens (primary N) is 1. The number of carbonyl (C=O) groups excluding carboxylic acids is 1. The molecule has 1 aromatic rings. The molecule has 19 heavy (non-hydrogen) atoms. The van der Waals surface area contributed by atoms with Crippen LogP contribution in [0.5, 0.6) is 0 Å². The van der Waals surface area contributed by atoms with Gasteiger partial charge in [0.2, 0.25) is 5.91 Å². The Labute approximate surface area is 114 Å². The third kappa shape index (κ3) is 2.39. The molecule has 2 saturated carbocycles. The van der Waals surface area contributed by atoms with Crippen LogP contribution in [0.3, 0.4) is 0 Å². The van der Waals surface area contributed by atoms with Crippen LogP contribution in [0.4, 0.5) is 0 Å². The fourth-order valence-electron chi connectivity index (χ4n) is 2.88. The molecule has 3 rings (SSSR count). The monoisotopic (exact) mass is 258 g/mol. The maximum Gasteiger partial charge on any atom is 0.233 e. The van der Waals surface area contributed by atoms with E-state index < -0.39 is 0 Å². The largest absolute Gasteiger partial charge is 0.339 e. The van der Waals surface area contributed by atoms with E-state index in [1.807, 2.05) is 18.2 Å². The lowest BCUT2D eigenvalue weighted by molar-refractivity contribution is -0.134. The van der Waals surface area contributed by atoms with Gasteiger partial charge in [-0.3, -0.25) is 4.79 Å². The summed E-state index contributed by atoms with van der Waals surface area (Å²) < 4.78 is 0. The van der Waals surface area contributed by atoms with Crippen molar-refractivity contribution in [3.63, 3.8) is 0 Å². The fourth-order valence-corrected chi connectivity index (χ4v) is 2.88. The van der Waals surface area contributed by atoms with E-state index in [1.54, 1.807) is 0 Å². The first-order valence-corrected chi connectivity index (χ1v) is 7.34. The van der Waals surface area contributed by atoms with E-state index in [1.165, 1.54) is 18.4 Å². The van der Waals surface area contributed by atoms with E-state index in [9.17, 15) is 4.79 Å². The van der Waals surface area contributed by atoms with Crippen LogP contribution in [0.1, 0.15) is 37.7 Å². The Kier molecular flexibility index (Phi) is 3.31. The minimum absolute atomic E-state index is 0.210. The van der Waals surface area contributed by atoms with Crippen molar-refractivity contribution < 1.29 is 4.79 Å². The van der Waals surface area contributed by atoms with E-state index >= 15 is 0 Å². The van der Waals surface area contributed by atoms with Crippen LogP contribution in [-0.2, 0) is 10.2 Å². The van der Waals surface area contributed by atoms with Crippen LogP contribution in [0, 0.1) is 0 Å². The topological polar surface area (TPSA) is 46.3 Å². The first kappa shape index (κ1) is 12.7. The molecule has 2 N–H and O–H groups in total. The molecule has 0 bridgehead atoms. The second kappa shape index (κ2) is 4.97. The van der Waals surface area contributed by atoms with Gasteiger partial charge in [-0.2, -0.15) is 0 Å². The van der Waals surface area contributed by atoms with Gasteiger partial charge in [-0.25, -0.2) is 0 Å². The summed E-state index contributed by atoms with van der Waals surface area (Å²) in [5.41, 5.74) is 6.58. The van der Waals surface area contributed by atoms with Gasteiger partial charge in [0, 0.05) is 12.6 Å². The molecule has 3 heteroatoms. The normalized spacial score (nSPS) is 20.1. The predicted octanol–water partition coefficient (Wildman–Crippen LogP) is 2.06. The van der Waals surface area contributed by atoms with Gasteiger partial charge in [-0.05, 0) is 44.2 Å². The highest BCUT2D eigenvalue weighted by Crippen LogP contribution is 2.50. The molecule has 0 spiro atoms. The number of hydrogen-bond acceptors (Lipinski definition) is 2. The molecule has 0 aromatic heterocycles. The standard InChI is InChI=1S/C16H22N2O/c17-11-4-12-18(14-7-8-14)15(19)16(9-10-16)13-5-2-1-3-6-13/h1-3,5-6,14H,4,7-12,17H2. The van der Waals surface area contributed by atoms with E-state index in [0.717, 1.165) is 25.8 Å². The second-order valence-corrected chi connectivity index (χ2v) is 5.82. The molecular weight excluding hydrogens is 236 g/mol. The van der Waals surface area contributed by atoms with Gasteiger partial charge in [0.1, 0.15) is 0 Å². The van der Waals surface area contributed by atoms with Crippen LogP contribution < -0.4 is 5.73 Å². The molecule has 2 aliphatic carbocycles. The summed E-state index contributed by atoms with van der Waals surface area (Å²) in [5.74, 6) is 0.342. The predicted molar refractivity (Wildman–Crippen MR) is 75.8 cm³/mol. The summed E-state index contributed by atoms with van der Waals surface area (Å²) in [6.45, 7) is 1.49. The summed E-state index contributed by atoms with van der Waals surface area (Å²) in [4.78, 5) is 15.0. The van der Waals surface area contributed by atoms with E-state index in [4.69, 9.17) is 5.73 Å². The Bertz CT molecular complexity index is 449. The average Bonchev–Trinajstić information content (AvgIpc) is 3.33. The van der Waals surface area contributed by atoms with Gasteiger partial charge in [0.15, 0.2) is 0 Å². The van der Waals surface area contributed by atoms with Gasteiger partial charge in [0.05, 0.1) is 5.41 Å². The Morgan fingerprint density at radius 2 is 1.95 bits per heavy atom. The number of nitrogens with zero attached hydrogens (tertiary/aromatic N) is 1. The zero-order valence-electron chi connectivity index (χ0n) is 11.3. The molecule has 0 unspecified atom stereocenters. The average molecular weight is 258 g/mol. The third-order valence-electron chi connectivity index (χ3n) is 4.34. The first-order chi connectivity index (χ1) is 9.28. The number of hydrogen-bond donors (Lipinski definition) is 1. The van der Waals surface area contributed by atoms with Gasteiger partial charge in [0.25, 0.3) is 0 Å². The van der Waals surface area contributed by atoms with Crippen molar-refractivity contribution in [1.29, 1.82) is 0 Å². The maximum absolute atomic E-state index is 12.9. The van der Waals surface area contributed by atoms with Crippen LogP contribution in [0.15, 0.2) is 30.3 Å². The molecule has 1 aromatic carbocycles. The zero-order chi connectivity index (χ0) is 13.3. The van der Waals surface area contributed by atoms with Gasteiger partial charge in [-0.1, -0.05) is 30.3 Å². The minimum Gasteiger partial charge on any atom is -0.339 e. The van der Waals surface area contributed by atoms with Crippen molar-refractivity contribution in [3.05, 3.63) is 35.9 Å². The Morgan fingerprint density at radius 3 is 2.47 bits per heavy atom. The fraction of sp³-hybridized carbons (Fsp3) is 0.562. The van der Waals surface area contributed by atoms with Gasteiger partial charge < -0.3 is 10.6 Å². The molecule has 0 radical (unpaired) electrons. The number of benzene rings is 1. The molecule has 0 atom stereocenters. The summed E-state index contributed by atoms with van der Waals surface area (Å²) in [6, 6.07) is 10.8. The zero-order valence-corrected chi connectivity index (χ0v) is 11.3. The number of rotatable bonds is 6. The van der Waals surface area contributed by atoms with E-state index in [-0.39, 0.29) is 5.41 Å². The summed E-state index contributed by atoms with van der Waals surface area (Å²) in [6.07, 6.45) is 5.25. The van der Waals surface area contributed by atoms with Gasteiger partial charge in [-0.15, -0.1) is 0 Å². The SMILES string of the molecule is NCCCN(C(=O)C1(c2ccccc2)CC1)C1CC1. The Balaban J connectivity index is 1.78. The Hall–Kier alpha value is -1.35. The van der Waals surface area contributed by atoms with Crippen molar-refractivity contribution in [2.45, 2.75) is 43.6 Å². The third-order valence-corrected chi connectivity index (χ3v) is 4.34. The smallest absolute Gasteiger partial charge is 0.233 e. The lowest BCUT2D eigenvalue weighted by atomic mass is 9.94. The maximum atomic E-state index is 12.9. The number of carbonyl (C=O) groups is 1. The quantitative estimate of drug-likeness (QED) is 0.849. The van der Waals surface area contributed by atoms with Crippen molar-refractivity contribution in [2.75, 3.05) is 13.1 Å². The summed E-state index contributed by atoms with van der Waals surface area (Å²) in [5, 5.41) is 0. The van der Waals surface area contributed by atoms with Gasteiger partial charge >= 0.3 is 0 Å². The molecule has 2 aliphatic rings. The molecular formula is C16H22N2O. The second-order valence-electron chi connectivity index (χ2n) is 5.82. The lowest BCUT2D eigenvalue weighted by Gasteiger charge is -2.27. The van der Waals surface area contributed by atoms with Crippen molar-refractivity contribution in [2.24, 2.45) is 5.73 Å². The molecule has 0 saturated heterocycles. The summed E-state index contributed by atoms with van der Waals surface area (Å²) in [7, 11) is 0. The Morgan fingerprint density at radius 1 is 1.26 bits per heavy atom. The van der Waals surface area contributed by atoms with Crippen LogP contribution in [0.25, 0.3) is 0 Å². The molecule has 0 aliphatic heterocycles. The highest BCUT2D eigenvalue weighted by Gasteiger charge is 2.54. The van der Waals surface area contributed by atoms with E-state index in [0.29, 0.717) is 18.5 Å². The molecule has 2 fully saturated rings. The van der Waals surface area contributed by atoms with Crippen LogP contribution in [-0.4, -0.2) is 29.9 Å². The molecule has 3 nitrogen and oxygen atoms in total. The molecule has 1 amide bonds. The molecule has 0 heterocycles. The van der Waals surface area contributed by atoms with Crippen LogP contribution in [0.2, 0.25) is 0 Å². The first-order valence-electron chi connectivity index (χ1n) is 7.34. The van der Waals surface area contributed by atoms with E-state index in [2.05, 4.69) is 17.0 Å².